The fraction of sp³-hybridized carbons (Fsp3) is 0.174. The number of halogens is 1. The summed E-state index contributed by atoms with van der Waals surface area (Å²) in [6.45, 7) is 3.69. The molecular weight excluding hydrogens is 476 g/mol. The van der Waals surface area contributed by atoms with E-state index in [4.69, 9.17) is 21.1 Å². The Morgan fingerprint density at radius 1 is 1.11 bits per heavy atom. The van der Waals surface area contributed by atoms with Crippen LogP contribution in [0.3, 0.4) is 0 Å². The Morgan fingerprint density at radius 3 is 2.49 bits per heavy atom. The predicted octanol–water partition coefficient (Wildman–Crippen LogP) is 4.35. The molecule has 0 spiro atoms. The Labute approximate surface area is 204 Å². The second-order valence-corrected chi connectivity index (χ2v) is 7.69. The minimum Gasteiger partial charge on any atom is -0.487 e. The van der Waals surface area contributed by atoms with E-state index in [1.54, 1.807) is 44.3 Å². The van der Waals surface area contributed by atoms with Crippen molar-refractivity contribution in [3.63, 3.8) is 0 Å². The van der Waals surface area contributed by atoms with Crippen LogP contribution in [0.5, 0.6) is 5.75 Å². The van der Waals surface area contributed by atoms with Crippen LogP contribution >= 0.6 is 11.6 Å². The lowest BCUT2D eigenvalue weighted by Gasteiger charge is -2.12. The van der Waals surface area contributed by atoms with Gasteiger partial charge in [0.15, 0.2) is 0 Å². The first-order valence-electron chi connectivity index (χ1n) is 10.5. The van der Waals surface area contributed by atoms with Crippen molar-refractivity contribution in [2.75, 3.05) is 6.61 Å². The number of non-ortho nitro benzene ring substituents is 1. The summed E-state index contributed by atoms with van der Waals surface area (Å²) in [5.74, 6) is 0.118. The predicted molar refractivity (Wildman–Crippen MR) is 126 cm³/mol. The van der Waals surface area contributed by atoms with Crippen molar-refractivity contribution >= 4 is 23.3 Å². The monoisotopic (exact) mass is 494 g/mol. The molecule has 2 heterocycles. The molecule has 0 unspecified atom stereocenters. The van der Waals surface area contributed by atoms with Crippen molar-refractivity contribution < 1.29 is 19.2 Å². The Balaban J connectivity index is 1.62. The van der Waals surface area contributed by atoms with Crippen LogP contribution < -0.4 is 4.74 Å². The van der Waals surface area contributed by atoms with Gasteiger partial charge >= 0.3 is 5.97 Å². The Bertz CT molecular complexity index is 1370. The Morgan fingerprint density at radius 2 is 1.83 bits per heavy atom. The van der Waals surface area contributed by atoms with E-state index in [1.807, 2.05) is 0 Å². The van der Waals surface area contributed by atoms with E-state index >= 15 is 0 Å². The molecule has 12 heteroatoms. The van der Waals surface area contributed by atoms with Gasteiger partial charge < -0.3 is 9.47 Å². The summed E-state index contributed by atoms with van der Waals surface area (Å²) in [5.41, 5.74) is 2.15. The first kappa shape index (κ1) is 23.8. The summed E-state index contributed by atoms with van der Waals surface area (Å²) in [7, 11) is 0. The molecule has 178 valence electrons. The number of ether oxygens (including phenoxy) is 2. The first-order valence-corrected chi connectivity index (χ1v) is 10.8. The molecule has 0 aliphatic carbocycles. The summed E-state index contributed by atoms with van der Waals surface area (Å²) in [4.78, 5) is 31.9. The number of esters is 1. The van der Waals surface area contributed by atoms with Crippen molar-refractivity contribution in [3.05, 3.63) is 86.8 Å². The Hall–Kier alpha value is -4.38. The number of aromatic nitrogens is 5. The number of carbonyl (C=O) groups excluding carboxylic acids is 1. The number of nitro groups is 1. The summed E-state index contributed by atoms with van der Waals surface area (Å²) in [6, 6.07) is 12.6. The topological polar surface area (TPSA) is 135 Å². The maximum Gasteiger partial charge on any atom is 0.342 e. The molecule has 11 nitrogen and oxygen atoms in total. The zero-order valence-corrected chi connectivity index (χ0v) is 19.5. The number of aryl methyl sites for hydroxylation is 1. The van der Waals surface area contributed by atoms with Gasteiger partial charge in [-0.25, -0.2) is 14.8 Å². The standard InChI is InChI=1S/C23H19ClN6O5/c1-3-34-22(31)20-14(2)25-23(26-21(20)15-4-6-16(24)7-5-15)29-12-17(27-28-29)13-35-19-10-8-18(9-11-19)30(32)33/h4-12H,3,13H2,1-2H3. The molecule has 0 radical (unpaired) electrons. The highest BCUT2D eigenvalue weighted by Gasteiger charge is 2.22. The van der Waals surface area contributed by atoms with E-state index in [2.05, 4.69) is 20.3 Å². The summed E-state index contributed by atoms with van der Waals surface area (Å²) >= 11 is 6.02. The fourth-order valence-corrected chi connectivity index (χ4v) is 3.33. The van der Waals surface area contributed by atoms with Gasteiger partial charge in [0.25, 0.3) is 11.6 Å². The highest BCUT2D eigenvalue weighted by atomic mass is 35.5. The minimum atomic E-state index is -0.530. The van der Waals surface area contributed by atoms with Gasteiger partial charge in [0.1, 0.15) is 23.6 Å². The van der Waals surface area contributed by atoms with Gasteiger partial charge in [-0.3, -0.25) is 10.1 Å². The van der Waals surface area contributed by atoms with Gasteiger partial charge in [0.05, 0.1) is 29.1 Å². The molecule has 0 bridgehead atoms. The molecule has 0 N–H and O–H groups in total. The molecule has 0 aliphatic heterocycles. The molecule has 4 aromatic rings. The Kier molecular flexibility index (Phi) is 6.97. The lowest BCUT2D eigenvalue weighted by atomic mass is 10.0. The number of rotatable bonds is 8. The molecule has 0 atom stereocenters. The van der Waals surface area contributed by atoms with Gasteiger partial charge in [-0.1, -0.05) is 28.9 Å². The van der Waals surface area contributed by atoms with Crippen LogP contribution in [0.1, 0.15) is 28.7 Å². The van der Waals surface area contributed by atoms with Crippen molar-refractivity contribution in [3.8, 4) is 23.0 Å². The van der Waals surface area contributed by atoms with E-state index in [0.717, 1.165) is 0 Å². The average molecular weight is 495 g/mol. The van der Waals surface area contributed by atoms with Crippen molar-refractivity contribution in [1.82, 2.24) is 25.0 Å². The van der Waals surface area contributed by atoms with Gasteiger partial charge in [-0.2, -0.15) is 4.68 Å². The molecule has 2 aromatic carbocycles. The zero-order valence-electron chi connectivity index (χ0n) is 18.7. The van der Waals surface area contributed by atoms with Gasteiger partial charge in [-0.15, -0.1) is 5.10 Å². The second-order valence-electron chi connectivity index (χ2n) is 7.25. The number of hydrogen-bond donors (Lipinski definition) is 0. The van der Waals surface area contributed by atoms with E-state index < -0.39 is 10.9 Å². The molecule has 35 heavy (non-hydrogen) atoms. The zero-order chi connectivity index (χ0) is 24.9. The smallest absolute Gasteiger partial charge is 0.342 e. The van der Waals surface area contributed by atoms with E-state index in [9.17, 15) is 14.9 Å². The number of benzene rings is 2. The highest BCUT2D eigenvalue weighted by molar-refractivity contribution is 6.30. The molecule has 0 aliphatic rings. The van der Waals surface area contributed by atoms with Crippen LogP contribution in [0.15, 0.2) is 54.7 Å². The van der Waals surface area contributed by atoms with Crippen LogP contribution in [0.25, 0.3) is 17.2 Å². The quantitative estimate of drug-likeness (QED) is 0.199. The van der Waals surface area contributed by atoms with Crippen LogP contribution in [0.4, 0.5) is 5.69 Å². The van der Waals surface area contributed by atoms with E-state index in [0.29, 0.717) is 33.4 Å². The molecule has 0 saturated carbocycles. The largest absolute Gasteiger partial charge is 0.487 e. The normalized spacial score (nSPS) is 10.7. The van der Waals surface area contributed by atoms with Crippen molar-refractivity contribution in [1.29, 1.82) is 0 Å². The number of nitro benzene ring substituents is 1. The maximum absolute atomic E-state index is 12.6. The number of nitrogens with zero attached hydrogens (tertiary/aromatic N) is 6. The van der Waals surface area contributed by atoms with Gasteiger partial charge in [-0.05, 0) is 38.1 Å². The highest BCUT2D eigenvalue weighted by Crippen LogP contribution is 2.27. The van der Waals surface area contributed by atoms with Crippen LogP contribution in [-0.4, -0.2) is 42.5 Å². The second kappa shape index (κ2) is 10.3. The van der Waals surface area contributed by atoms with Crippen LogP contribution in [0.2, 0.25) is 5.02 Å². The molecule has 0 fully saturated rings. The van der Waals surface area contributed by atoms with Crippen molar-refractivity contribution in [2.24, 2.45) is 0 Å². The third-order valence-corrected chi connectivity index (χ3v) is 5.11. The average Bonchev–Trinajstić information content (AvgIpc) is 3.32. The third kappa shape index (κ3) is 5.41. The summed E-state index contributed by atoms with van der Waals surface area (Å²) < 4.78 is 12.2. The van der Waals surface area contributed by atoms with Crippen LogP contribution in [-0.2, 0) is 11.3 Å². The van der Waals surface area contributed by atoms with E-state index in [-0.39, 0.29) is 30.4 Å². The lowest BCUT2D eigenvalue weighted by Crippen LogP contribution is -2.14. The molecule has 2 aromatic heterocycles. The minimum absolute atomic E-state index is 0.0291. The number of hydrogen-bond acceptors (Lipinski definition) is 9. The van der Waals surface area contributed by atoms with Gasteiger partial charge in [0.2, 0.25) is 0 Å². The summed E-state index contributed by atoms with van der Waals surface area (Å²) in [5, 5.41) is 19.5. The lowest BCUT2D eigenvalue weighted by molar-refractivity contribution is -0.384. The van der Waals surface area contributed by atoms with Gasteiger partial charge in [0, 0.05) is 22.7 Å². The molecule has 0 amide bonds. The fourth-order valence-electron chi connectivity index (χ4n) is 3.21. The third-order valence-electron chi connectivity index (χ3n) is 4.86. The number of carbonyl (C=O) groups is 1. The molecular formula is C23H19ClN6O5. The summed E-state index contributed by atoms with van der Waals surface area (Å²) in [6.07, 6.45) is 1.59. The molecule has 0 saturated heterocycles. The maximum atomic E-state index is 12.6. The SMILES string of the molecule is CCOC(=O)c1c(C)nc(-n2cc(COc3ccc([N+](=O)[O-])cc3)nn2)nc1-c1ccc(Cl)cc1. The van der Waals surface area contributed by atoms with Crippen LogP contribution in [0, 0.1) is 17.0 Å². The molecule has 4 rings (SSSR count). The first-order chi connectivity index (χ1) is 16.9. The van der Waals surface area contributed by atoms with E-state index in [1.165, 1.54) is 28.9 Å². The van der Waals surface area contributed by atoms with Crippen molar-refractivity contribution in [2.45, 2.75) is 20.5 Å².